The lowest BCUT2D eigenvalue weighted by atomic mass is 9.96. The highest BCUT2D eigenvalue weighted by Gasteiger charge is 2.27. The molecule has 5 rings (SSSR count). The maximum atomic E-state index is 14.2. The van der Waals surface area contributed by atoms with Gasteiger partial charge in [-0.3, -0.25) is 4.79 Å². The molecule has 5 nitrogen and oxygen atoms in total. The van der Waals surface area contributed by atoms with Crippen LogP contribution in [0.3, 0.4) is 0 Å². The van der Waals surface area contributed by atoms with Gasteiger partial charge in [-0.15, -0.1) is 0 Å². The van der Waals surface area contributed by atoms with Gasteiger partial charge in [-0.25, -0.2) is 8.91 Å². The Balaban J connectivity index is 1.60. The van der Waals surface area contributed by atoms with Crippen molar-refractivity contribution < 1.29 is 13.9 Å². The van der Waals surface area contributed by atoms with E-state index in [0.717, 1.165) is 28.0 Å². The van der Waals surface area contributed by atoms with Crippen LogP contribution in [0.2, 0.25) is 10.0 Å². The molecule has 180 valence electrons. The minimum absolute atomic E-state index is 0.0249. The molecule has 2 aromatic carbocycles. The third kappa shape index (κ3) is 4.15. The molecule has 1 atom stereocenters. The van der Waals surface area contributed by atoms with E-state index in [1.807, 2.05) is 51.1 Å². The maximum absolute atomic E-state index is 14.2. The Labute approximate surface area is 212 Å². The van der Waals surface area contributed by atoms with Crippen LogP contribution < -0.4 is 10.1 Å². The molecule has 8 heteroatoms. The number of fused-ring (bicyclic) bond motifs is 2. The molecule has 0 aliphatic carbocycles. The molecule has 35 heavy (non-hydrogen) atoms. The largest absolute Gasteiger partial charge is 0.493 e. The van der Waals surface area contributed by atoms with E-state index >= 15 is 0 Å². The SMILES string of the molecule is Cc1cc2c(C(C)C)c(C(=O)N[C@H]3CCOc4ccccc43)cnn2c1-c1cc(F)cc(Cl)c1Cl. The van der Waals surface area contributed by atoms with Crippen molar-refractivity contribution in [3.05, 3.63) is 86.8 Å². The second kappa shape index (κ2) is 9.17. The Bertz CT molecular complexity index is 1460. The van der Waals surface area contributed by atoms with E-state index in [2.05, 4.69) is 10.4 Å². The van der Waals surface area contributed by atoms with Crippen LogP contribution in [0.5, 0.6) is 5.75 Å². The predicted molar refractivity (Wildman–Crippen MR) is 136 cm³/mol. The fourth-order valence-corrected chi connectivity index (χ4v) is 5.23. The second-order valence-corrected chi connectivity index (χ2v) is 9.83. The zero-order valence-electron chi connectivity index (χ0n) is 19.5. The molecule has 0 saturated carbocycles. The fraction of sp³-hybridized carbons (Fsp3) is 0.259. The van der Waals surface area contributed by atoms with Crippen molar-refractivity contribution in [2.24, 2.45) is 0 Å². The highest BCUT2D eigenvalue weighted by atomic mass is 35.5. The smallest absolute Gasteiger partial charge is 0.253 e. The molecule has 1 amide bonds. The number of hydrogen-bond donors (Lipinski definition) is 1. The number of benzene rings is 2. The molecule has 4 aromatic rings. The fourth-order valence-electron chi connectivity index (χ4n) is 4.83. The number of carbonyl (C=O) groups excluding carboxylic acids is 1. The van der Waals surface area contributed by atoms with Gasteiger partial charge in [0.25, 0.3) is 5.91 Å². The molecule has 0 bridgehead atoms. The summed E-state index contributed by atoms with van der Waals surface area (Å²) in [5, 5.41) is 8.15. The maximum Gasteiger partial charge on any atom is 0.253 e. The minimum atomic E-state index is -0.486. The van der Waals surface area contributed by atoms with E-state index in [1.54, 1.807) is 10.7 Å². The molecule has 0 unspecified atom stereocenters. The van der Waals surface area contributed by atoms with Crippen LogP contribution >= 0.6 is 23.2 Å². The predicted octanol–water partition coefficient (Wildman–Crippen LogP) is 7.13. The Hall–Kier alpha value is -3.09. The topological polar surface area (TPSA) is 55.6 Å². The molecule has 0 fully saturated rings. The van der Waals surface area contributed by atoms with Gasteiger partial charge < -0.3 is 10.1 Å². The average Bonchev–Trinajstić information content (AvgIpc) is 3.16. The molecule has 1 aliphatic heterocycles. The van der Waals surface area contributed by atoms with Crippen molar-refractivity contribution >= 4 is 34.6 Å². The molecular weight excluding hydrogens is 488 g/mol. The standard InChI is InChI=1S/C27H24Cl2FN3O2/c1-14(2)24-19(27(34)32-21-8-9-35-23-7-5-4-6-17(21)23)13-31-33-22(24)10-15(3)26(33)18-11-16(30)12-20(28)25(18)29/h4-7,10-14,21H,8-9H2,1-3H3,(H,32,34)/t21-/m0/s1. The Kier molecular flexibility index (Phi) is 6.20. The first kappa shape index (κ1) is 23.6. The van der Waals surface area contributed by atoms with Crippen LogP contribution in [0.25, 0.3) is 16.8 Å². The highest BCUT2D eigenvalue weighted by molar-refractivity contribution is 6.43. The molecule has 1 N–H and O–H groups in total. The number of aryl methyl sites for hydroxylation is 1. The number of hydrogen-bond acceptors (Lipinski definition) is 3. The van der Waals surface area contributed by atoms with Gasteiger partial charge >= 0.3 is 0 Å². The molecule has 0 spiro atoms. The average molecular weight is 512 g/mol. The number of aromatic nitrogens is 2. The van der Waals surface area contributed by atoms with Gasteiger partial charge in [0.1, 0.15) is 11.6 Å². The van der Waals surface area contributed by atoms with Gasteiger partial charge in [0, 0.05) is 17.5 Å². The van der Waals surface area contributed by atoms with Crippen LogP contribution in [0.15, 0.2) is 48.7 Å². The summed E-state index contributed by atoms with van der Waals surface area (Å²) in [5.74, 6) is 0.134. The number of nitrogens with one attached hydrogen (secondary N) is 1. The van der Waals surface area contributed by atoms with Crippen LogP contribution in [-0.2, 0) is 0 Å². The second-order valence-electron chi connectivity index (χ2n) is 9.05. The highest BCUT2D eigenvalue weighted by Crippen LogP contribution is 2.39. The van der Waals surface area contributed by atoms with Crippen molar-refractivity contribution in [3.8, 4) is 17.0 Å². The van der Waals surface area contributed by atoms with E-state index in [9.17, 15) is 9.18 Å². The van der Waals surface area contributed by atoms with Gasteiger partial charge in [-0.05, 0) is 48.2 Å². The van der Waals surface area contributed by atoms with E-state index in [0.29, 0.717) is 29.8 Å². The molecule has 2 aromatic heterocycles. The molecular formula is C27H24Cl2FN3O2. The van der Waals surface area contributed by atoms with E-state index < -0.39 is 5.82 Å². The Morgan fingerprint density at radius 1 is 1.23 bits per heavy atom. The lowest BCUT2D eigenvalue weighted by Crippen LogP contribution is -2.33. The summed E-state index contributed by atoms with van der Waals surface area (Å²) in [6, 6.07) is 12.1. The van der Waals surface area contributed by atoms with Gasteiger partial charge in [-0.2, -0.15) is 5.10 Å². The summed E-state index contributed by atoms with van der Waals surface area (Å²) in [6.07, 6.45) is 2.25. The first-order valence-electron chi connectivity index (χ1n) is 11.4. The number of rotatable bonds is 4. The summed E-state index contributed by atoms with van der Waals surface area (Å²) >= 11 is 12.6. The van der Waals surface area contributed by atoms with E-state index in [4.69, 9.17) is 27.9 Å². The normalized spacial score (nSPS) is 15.2. The summed E-state index contributed by atoms with van der Waals surface area (Å²) in [5.41, 5.74) is 5.02. The molecule has 1 aliphatic rings. The van der Waals surface area contributed by atoms with Crippen molar-refractivity contribution in [1.29, 1.82) is 0 Å². The number of nitrogens with zero attached hydrogens (tertiary/aromatic N) is 2. The van der Waals surface area contributed by atoms with Crippen molar-refractivity contribution in [2.75, 3.05) is 6.61 Å². The number of halogens is 3. The lowest BCUT2D eigenvalue weighted by molar-refractivity contribution is 0.0923. The summed E-state index contributed by atoms with van der Waals surface area (Å²) in [7, 11) is 0. The van der Waals surface area contributed by atoms with Crippen molar-refractivity contribution in [3.63, 3.8) is 0 Å². The van der Waals surface area contributed by atoms with E-state index in [-0.39, 0.29) is 27.9 Å². The summed E-state index contributed by atoms with van der Waals surface area (Å²) < 4.78 is 21.6. The monoisotopic (exact) mass is 511 g/mol. The zero-order chi connectivity index (χ0) is 24.9. The summed E-state index contributed by atoms with van der Waals surface area (Å²) in [4.78, 5) is 13.5. The minimum Gasteiger partial charge on any atom is -0.493 e. The zero-order valence-corrected chi connectivity index (χ0v) is 21.0. The van der Waals surface area contributed by atoms with Crippen molar-refractivity contribution in [2.45, 2.75) is 39.2 Å². The first-order valence-corrected chi connectivity index (χ1v) is 12.2. The van der Waals surface area contributed by atoms with Gasteiger partial charge in [0.15, 0.2) is 0 Å². The number of para-hydroxylation sites is 1. The van der Waals surface area contributed by atoms with Crippen LogP contribution in [0, 0.1) is 12.7 Å². The number of carbonyl (C=O) groups is 1. The quantitative estimate of drug-likeness (QED) is 0.296. The number of amides is 1. The molecule has 0 radical (unpaired) electrons. The summed E-state index contributed by atoms with van der Waals surface area (Å²) in [6.45, 7) is 6.50. The van der Waals surface area contributed by atoms with Gasteiger partial charge in [0.2, 0.25) is 0 Å². The van der Waals surface area contributed by atoms with Crippen molar-refractivity contribution in [1.82, 2.24) is 14.9 Å². The van der Waals surface area contributed by atoms with Crippen LogP contribution in [-0.4, -0.2) is 22.1 Å². The third-order valence-electron chi connectivity index (χ3n) is 6.37. The van der Waals surface area contributed by atoms with E-state index in [1.165, 1.54) is 12.1 Å². The van der Waals surface area contributed by atoms with Gasteiger partial charge in [0.05, 0.1) is 45.7 Å². The first-order chi connectivity index (χ1) is 16.8. The Morgan fingerprint density at radius 2 is 2.00 bits per heavy atom. The molecule has 3 heterocycles. The third-order valence-corrected chi connectivity index (χ3v) is 7.17. The Morgan fingerprint density at radius 3 is 2.77 bits per heavy atom. The number of ether oxygens (including phenoxy) is 1. The molecule has 0 saturated heterocycles. The van der Waals surface area contributed by atoms with Crippen LogP contribution in [0.4, 0.5) is 4.39 Å². The lowest BCUT2D eigenvalue weighted by Gasteiger charge is -2.27. The van der Waals surface area contributed by atoms with Crippen LogP contribution in [0.1, 0.15) is 59.3 Å². The van der Waals surface area contributed by atoms with Gasteiger partial charge in [-0.1, -0.05) is 55.2 Å².